The van der Waals surface area contributed by atoms with Gasteiger partial charge in [0.25, 0.3) is 0 Å². The van der Waals surface area contributed by atoms with Crippen molar-refractivity contribution >= 4 is 15.7 Å². The molecule has 29 heavy (non-hydrogen) atoms. The quantitative estimate of drug-likeness (QED) is 0.712. The van der Waals surface area contributed by atoms with Crippen molar-refractivity contribution in [1.29, 1.82) is 0 Å². The first-order chi connectivity index (χ1) is 13.8. The average Bonchev–Trinajstić information content (AvgIpc) is 3.48. The summed E-state index contributed by atoms with van der Waals surface area (Å²) in [6.07, 6.45) is 4.69. The van der Waals surface area contributed by atoms with Crippen molar-refractivity contribution in [2.24, 2.45) is 5.92 Å². The van der Waals surface area contributed by atoms with Crippen molar-refractivity contribution in [1.82, 2.24) is 9.80 Å². The van der Waals surface area contributed by atoms with E-state index in [2.05, 4.69) is 47.9 Å². The lowest BCUT2D eigenvalue weighted by molar-refractivity contribution is -0.138. The Labute approximate surface area is 175 Å². The first kappa shape index (κ1) is 20.9. The number of hydrogen-bond donors (Lipinski definition) is 0. The van der Waals surface area contributed by atoms with Crippen LogP contribution in [0.4, 0.5) is 0 Å². The van der Waals surface area contributed by atoms with Gasteiger partial charge in [0.05, 0.1) is 11.5 Å². The number of piperidine rings is 1. The molecule has 0 aromatic heterocycles. The molecule has 2 saturated heterocycles. The van der Waals surface area contributed by atoms with Crippen molar-refractivity contribution in [3.8, 4) is 0 Å². The number of sulfone groups is 1. The summed E-state index contributed by atoms with van der Waals surface area (Å²) in [5, 5.41) is 0. The van der Waals surface area contributed by atoms with Gasteiger partial charge in [-0.1, -0.05) is 38.1 Å². The largest absolute Gasteiger partial charge is 0.335 e. The summed E-state index contributed by atoms with van der Waals surface area (Å²) in [4.78, 5) is 17.7. The Morgan fingerprint density at radius 2 is 1.72 bits per heavy atom. The smallest absolute Gasteiger partial charge is 0.226 e. The van der Waals surface area contributed by atoms with E-state index in [1.54, 1.807) is 0 Å². The van der Waals surface area contributed by atoms with Crippen molar-refractivity contribution in [3.05, 3.63) is 35.4 Å². The lowest BCUT2D eigenvalue weighted by Crippen LogP contribution is -2.46. The zero-order chi connectivity index (χ0) is 20.6. The SMILES string of the molecule is CC(C)c1ccc(CN(C(=O)C2CCN([C@H]3CCS(=O)(=O)C3)CC2)C2CC2)cc1. The Kier molecular flexibility index (Phi) is 6.03. The second-order valence-corrected chi connectivity index (χ2v) is 11.7. The Hall–Kier alpha value is -1.40. The number of nitrogens with zero attached hydrogens (tertiary/aromatic N) is 2. The fraction of sp³-hybridized carbons (Fsp3) is 0.696. The van der Waals surface area contributed by atoms with Gasteiger partial charge in [-0.25, -0.2) is 8.42 Å². The molecule has 0 unspecified atom stereocenters. The fourth-order valence-corrected chi connectivity index (χ4v) is 6.55. The predicted octanol–water partition coefficient (Wildman–Crippen LogP) is 3.20. The minimum atomic E-state index is -2.85. The molecule has 160 valence electrons. The maximum Gasteiger partial charge on any atom is 0.226 e. The predicted molar refractivity (Wildman–Crippen MR) is 115 cm³/mol. The third kappa shape index (κ3) is 5.02. The molecule has 0 N–H and O–H groups in total. The van der Waals surface area contributed by atoms with Gasteiger partial charge < -0.3 is 4.90 Å². The van der Waals surface area contributed by atoms with Gasteiger partial charge in [-0.2, -0.15) is 0 Å². The molecule has 6 heteroatoms. The lowest BCUT2D eigenvalue weighted by atomic mass is 9.93. The summed E-state index contributed by atoms with van der Waals surface area (Å²) < 4.78 is 23.5. The van der Waals surface area contributed by atoms with Crippen LogP contribution in [0.15, 0.2) is 24.3 Å². The summed E-state index contributed by atoms with van der Waals surface area (Å²) in [7, 11) is -2.85. The van der Waals surface area contributed by atoms with Gasteiger partial charge in [-0.15, -0.1) is 0 Å². The molecule has 1 amide bonds. The van der Waals surface area contributed by atoms with Crippen LogP contribution < -0.4 is 0 Å². The maximum absolute atomic E-state index is 13.3. The highest BCUT2D eigenvalue weighted by Crippen LogP contribution is 2.33. The van der Waals surface area contributed by atoms with E-state index in [-0.39, 0.29) is 12.0 Å². The Morgan fingerprint density at radius 1 is 1.07 bits per heavy atom. The third-order valence-electron chi connectivity index (χ3n) is 6.87. The van der Waals surface area contributed by atoms with Crippen molar-refractivity contribution in [2.75, 3.05) is 24.6 Å². The highest BCUT2D eigenvalue weighted by Gasteiger charge is 2.39. The van der Waals surface area contributed by atoms with Gasteiger partial charge in [-0.3, -0.25) is 9.69 Å². The second kappa shape index (κ2) is 8.38. The zero-order valence-electron chi connectivity index (χ0n) is 17.7. The van der Waals surface area contributed by atoms with Crippen LogP contribution in [0, 0.1) is 5.92 Å². The summed E-state index contributed by atoms with van der Waals surface area (Å²) in [5.41, 5.74) is 2.54. The number of amides is 1. The molecule has 1 saturated carbocycles. The van der Waals surface area contributed by atoms with Crippen molar-refractivity contribution in [3.63, 3.8) is 0 Å². The van der Waals surface area contributed by atoms with Crippen LogP contribution in [-0.2, 0) is 21.2 Å². The van der Waals surface area contributed by atoms with Crippen LogP contribution in [-0.4, -0.2) is 60.8 Å². The first-order valence-electron chi connectivity index (χ1n) is 11.2. The molecule has 0 radical (unpaired) electrons. The van der Waals surface area contributed by atoms with Crippen molar-refractivity contribution < 1.29 is 13.2 Å². The number of rotatable bonds is 6. The van der Waals surface area contributed by atoms with Crippen LogP contribution >= 0.6 is 0 Å². The minimum absolute atomic E-state index is 0.0831. The van der Waals surface area contributed by atoms with E-state index < -0.39 is 9.84 Å². The molecule has 2 aliphatic heterocycles. The molecule has 4 rings (SSSR count). The van der Waals surface area contributed by atoms with E-state index in [0.29, 0.717) is 35.9 Å². The van der Waals surface area contributed by atoms with Crippen LogP contribution in [0.5, 0.6) is 0 Å². The van der Waals surface area contributed by atoms with Gasteiger partial charge >= 0.3 is 0 Å². The van der Waals surface area contributed by atoms with E-state index >= 15 is 0 Å². The normalized spacial score (nSPS) is 25.4. The summed E-state index contributed by atoms with van der Waals surface area (Å²) >= 11 is 0. The minimum Gasteiger partial charge on any atom is -0.335 e. The highest BCUT2D eigenvalue weighted by molar-refractivity contribution is 7.91. The van der Waals surface area contributed by atoms with Crippen molar-refractivity contribution in [2.45, 2.75) is 70.5 Å². The molecule has 2 heterocycles. The Morgan fingerprint density at radius 3 is 2.24 bits per heavy atom. The van der Waals surface area contributed by atoms with Gasteiger partial charge in [0, 0.05) is 24.5 Å². The van der Waals surface area contributed by atoms with Crippen LogP contribution in [0.3, 0.4) is 0 Å². The number of carbonyl (C=O) groups is 1. The van der Waals surface area contributed by atoms with Gasteiger partial charge in [0.2, 0.25) is 5.91 Å². The van der Waals surface area contributed by atoms with E-state index in [4.69, 9.17) is 0 Å². The van der Waals surface area contributed by atoms with Gasteiger partial charge in [0.15, 0.2) is 9.84 Å². The van der Waals surface area contributed by atoms with E-state index in [0.717, 1.165) is 45.2 Å². The van der Waals surface area contributed by atoms with Crippen LogP contribution in [0.1, 0.15) is 63.0 Å². The molecule has 0 bridgehead atoms. The van der Waals surface area contributed by atoms with E-state index in [1.165, 1.54) is 11.1 Å². The molecule has 1 aliphatic carbocycles. The molecule has 5 nitrogen and oxygen atoms in total. The third-order valence-corrected chi connectivity index (χ3v) is 8.62. The maximum atomic E-state index is 13.3. The fourth-order valence-electron chi connectivity index (χ4n) is 4.79. The van der Waals surface area contributed by atoms with Crippen LogP contribution in [0.2, 0.25) is 0 Å². The molecule has 3 fully saturated rings. The summed E-state index contributed by atoms with van der Waals surface area (Å²) in [6, 6.07) is 9.27. The zero-order valence-corrected chi connectivity index (χ0v) is 18.5. The number of hydrogen-bond acceptors (Lipinski definition) is 4. The van der Waals surface area contributed by atoms with Gasteiger partial charge in [0.1, 0.15) is 0 Å². The standard InChI is InChI=1S/C23H34N2O3S/c1-17(2)19-5-3-18(4-6-19)15-25(21-7-8-21)23(26)20-9-12-24(13-10-20)22-11-14-29(27,28)16-22/h3-6,17,20-22H,7-16H2,1-2H3/t22-/m0/s1. The lowest BCUT2D eigenvalue weighted by Gasteiger charge is -2.37. The number of likely N-dealkylation sites (tertiary alicyclic amines) is 1. The first-order valence-corrected chi connectivity index (χ1v) is 13.0. The molecule has 1 aromatic carbocycles. The summed E-state index contributed by atoms with van der Waals surface area (Å²) in [5.74, 6) is 1.53. The molecular weight excluding hydrogens is 384 g/mol. The topological polar surface area (TPSA) is 57.7 Å². The number of benzene rings is 1. The molecule has 3 aliphatic rings. The average molecular weight is 419 g/mol. The van der Waals surface area contributed by atoms with Gasteiger partial charge in [-0.05, 0) is 62.2 Å². The Bertz CT molecular complexity index is 822. The van der Waals surface area contributed by atoms with E-state index in [1.807, 2.05) is 0 Å². The number of carbonyl (C=O) groups excluding carboxylic acids is 1. The highest BCUT2D eigenvalue weighted by atomic mass is 32.2. The molecule has 0 spiro atoms. The molecular formula is C23H34N2O3S. The molecule has 1 aromatic rings. The van der Waals surface area contributed by atoms with E-state index in [9.17, 15) is 13.2 Å². The summed E-state index contributed by atoms with van der Waals surface area (Å²) in [6.45, 7) is 6.80. The molecule has 1 atom stereocenters. The Balaban J connectivity index is 1.35. The van der Waals surface area contributed by atoms with Crippen LogP contribution in [0.25, 0.3) is 0 Å². The monoisotopic (exact) mass is 418 g/mol. The second-order valence-electron chi connectivity index (χ2n) is 9.46.